The van der Waals surface area contributed by atoms with Crippen LogP contribution in [-0.4, -0.2) is 23.7 Å². The highest BCUT2D eigenvalue weighted by molar-refractivity contribution is 7.10. The van der Waals surface area contributed by atoms with Gasteiger partial charge in [-0.3, -0.25) is 9.89 Å². The van der Waals surface area contributed by atoms with E-state index in [1.165, 1.54) is 48.6 Å². The summed E-state index contributed by atoms with van der Waals surface area (Å²) in [5.41, 5.74) is 2.51. The number of hydrogen-bond donors (Lipinski definition) is 0. The van der Waals surface area contributed by atoms with Gasteiger partial charge in [0.2, 0.25) is 0 Å². The largest absolute Gasteiger partial charge is 0.291 e. The molecule has 15 heavy (non-hydrogen) atoms. The van der Waals surface area contributed by atoms with Gasteiger partial charge in [-0.1, -0.05) is 6.42 Å². The Morgan fingerprint density at radius 3 is 2.93 bits per heavy atom. The van der Waals surface area contributed by atoms with Gasteiger partial charge in [-0.25, -0.2) is 0 Å². The van der Waals surface area contributed by atoms with Gasteiger partial charge >= 0.3 is 0 Å². The Balaban J connectivity index is 1.90. The zero-order valence-corrected chi connectivity index (χ0v) is 9.89. The van der Waals surface area contributed by atoms with Crippen molar-refractivity contribution >= 4 is 22.7 Å². The van der Waals surface area contributed by atoms with E-state index in [4.69, 9.17) is 0 Å². The first-order chi connectivity index (χ1) is 7.36. The number of piperidine rings is 1. The molecule has 2 nitrogen and oxygen atoms in total. The average Bonchev–Trinajstić information content (AvgIpc) is 2.78. The molecule has 1 atom stereocenters. The standard InChI is InChI=1S/C12H16N2S/c1-9-11(14-6-3-2-4-7-14)12-10(13-9)5-8-15-12/h5,8,11H,2-4,6-7H2,1H3. The first-order valence-corrected chi connectivity index (χ1v) is 6.61. The Morgan fingerprint density at radius 2 is 2.13 bits per heavy atom. The highest BCUT2D eigenvalue weighted by Gasteiger charge is 2.31. The molecule has 0 radical (unpaired) electrons. The Bertz CT molecular complexity index is 388. The fraction of sp³-hybridized carbons (Fsp3) is 0.583. The zero-order chi connectivity index (χ0) is 10.3. The molecule has 0 saturated carbocycles. The minimum absolute atomic E-state index is 0.500. The van der Waals surface area contributed by atoms with E-state index in [-0.39, 0.29) is 0 Å². The maximum Gasteiger partial charge on any atom is 0.0849 e. The fourth-order valence-electron chi connectivity index (χ4n) is 2.66. The zero-order valence-electron chi connectivity index (χ0n) is 9.07. The molecular formula is C12H16N2S. The lowest BCUT2D eigenvalue weighted by atomic mass is 10.1. The van der Waals surface area contributed by atoms with Crippen molar-refractivity contribution in [2.45, 2.75) is 32.2 Å². The summed E-state index contributed by atoms with van der Waals surface area (Å²) in [6, 6.07) is 2.65. The van der Waals surface area contributed by atoms with E-state index in [1.54, 1.807) is 0 Å². The molecule has 2 aliphatic rings. The van der Waals surface area contributed by atoms with Gasteiger partial charge in [-0.2, -0.15) is 0 Å². The third kappa shape index (κ3) is 1.54. The molecule has 1 saturated heterocycles. The predicted molar refractivity (Wildman–Crippen MR) is 65.3 cm³/mol. The molecule has 2 aliphatic heterocycles. The van der Waals surface area contributed by atoms with Crippen molar-refractivity contribution in [2.75, 3.05) is 13.1 Å². The van der Waals surface area contributed by atoms with Crippen molar-refractivity contribution in [3.05, 3.63) is 16.3 Å². The van der Waals surface area contributed by atoms with Gasteiger partial charge in [0.15, 0.2) is 0 Å². The summed E-state index contributed by atoms with van der Waals surface area (Å²) in [7, 11) is 0. The average molecular weight is 220 g/mol. The van der Waals surface area contributed by atoms with E-state index >= 15 is 0 Å². The number of thiophene rings is 1. The summed E-state index contributed by atoms with van der Waals surface area (Å²) in [6.45, 7) is 4.66. The lowest BCUT2D eigenvalue weighted by Gasteiger charge is -2.32. The van der Waals surface area contributed by atoms with Crippen LogP contribution in [0, 0.1) is 0 Å². The van der Waals surface area contributed by atoms with E-state index in [2.05, 4.69) is 28.3 Å². The number of hydrogen-bond acceptors (Lipinski definition) is 3. The van der Waals surface area contributed by atoms with Crippen molar-refractivity contribution in [1.29, 1.82) is 0 Å². The van der Waals surface area contributed by atoms with E-state index in [0.717, 1.165) is 0 Å². The first kappa shape index (κ1) is 9.55. The predicted octanol–water partition coefficient (Wildman–Crippen LogP) is 3.38. The maximum atomic E-state index is 4.65. The van der Waals surface area contributed by atoms with Crippen LogP contribution >= 0.6 is 11.3 Å². The number of fused-ring (bicyclic) bond motifs is 1. The minimum Gasteiger partial charge on any atom is -0.291 e. The van der Waals surface area contributed by atoms with Crippen LogP contribution in [0.3, 0.4) is 0 Å². The Labute approximate surface area is 94.6 Å². The monoisotopic (exact) mass is 220 g/mol. The molecule has 3 heterocycles. The van der Waals surface area contributed by atoms with Crippen LogP contribution < -0.4 is 0 Å². The quantitative estimate of drug-likeness (QED) is 0.708. The second kappa shape index (κ2) is 3.72. The van der Waals surface area contributed by atoms with E-state index in [0.29, 0.717) is 6.04 Å². The molecule has 80 valence electrons. The number of aliphatic imine (C=N–C) groups is 1. The summed E-state index contributed by atoms with van der Waals surface area (Å²) in [5, 5.41) is 2.16. The summed E-state index contributed by atoms with van der Waals surface area (Å²) in [5.74, 6) is 0. The summed E-state index contributed by atoms with van der Waals surface area (Å²) in [6.07, 6.45) is 4.10. The van der Waals surface area contributed by atoms with Gasteiger partial charge in [0.25, 0.3) is 0 Å². The lowest BCUT2D eigenvalue weighted by molar-refractivity contribution is 0.206. The lowest BCUT2D eigenvalue weighted by Crippen LogP contribution is -2.35. The Kier molecular flexibility index (Phi) is 2.37. The van der Waals surface area contributed by atoms with Crippen LogP contribution in [0.5, 0.6) is 0 Å². The molecule has 1 aromatic rings. The van der Waals surface area contributed by atoms with Gasteiger partial charge in [-0.15, -0.1) is 11.3 Å². The molecule has 0 amide bonds. The van der Waals surface area contributed by atoms with Crippen molar-refractivity contribution in [3.63, 3.8) is 0 Å². The topological polar surface area (TPSA) is 15.6 Å². The molecule has 0 aromatic carbocycles. The molecule has 0 bridgehead atoms. The van der Waals surface area contributed by atoms with Crippen LogP contribution in [0.1, 0.15) is 37.1 Å². The third-order valence-electron chi connectivity index (χ3n) is 3.37. The van der Waals surface area contributed by atoms with E-state index in [1.807, 2.05) is 11.3 Å². The second-order valence-corrected chi connectivity index (χ2v) is 5.37. The molecule has 0 spiro atoms. The molecule has 3 heteroatoms. The Hall–Kier alpha value is -0.670. The molecule has 0 aliphatic carbocycles. The van der Waals surface area contributed by atoms with Crippen molar-refractivity contribution < 1.29 is 0 Å². The maximum absolute atomic E-state index is 4.65. The molecule has 0 N–H and O–H groups in total. The van der Waals surface area contributed by atoms with Gasteiger partial charge in [0, 0.05) is 5.71 Å². The Morgan fingerprint density at radius 1 is 1.33 bits per heavy atom. The number of likely N-dealkylation sites (tertiary alicyclic amines) is 1. The van der Waals surface area contributed by atoms with Crippen LogP contribution in [0.15, 0.2) is 16.4 Å². The van der Waals surface area contributed by atoms with Gasteiger partial charge < -0.3 is 0 Å². The van der Waals surface area contributed by atoms with E-state index < -0.39 is 0 Å². The number of nitrogens with zero attached hydrogens (tertiary/aromatic N) is 2. The van der Waals surface area contributed by atoms with Crippen LogP contribution in [0.25, 0.3) is 0 Å². The normalized spacial score (nSPS) is 26.5. The molecule has 1 unspecified atom stereocenters. The highest BCUT2D eigenvalue weighted by Crippen LogP contribution is 2.42. The molecular weight excluding hydrogens is 204 g/mol. The number of rotatable bonds is 1. The third-order valence-corrected chi connectivity index (χ3v) is 4.33. The van der Waals surface area contributed by atoms with Gasteiger partial charge in [0.1, 0.15) is 0 Å². The smallest absolute Gasteiger partial charge is 0.0849 e. The van der Waals surface area contributed by atoms with Crippen molar-refractivity contribution in [2.24, 2.45) is 4.99 Å². The van der Waals surface area contributed by atoms with Gasteiger partial charge in [0.05, 0.1) is 16.6 Å². The summed E-state index contributed by atoms with van der Waals surface area (Å²) in [4.78, 5) is 8.72. The summed E-state index contributed by atoms with van der Waals surface area (Å²) >= 11 is 1.86. The minimum atomic E-state index is 0.500. The summed E-state index contributed by atoms with van der Waals surface area (Å²) < 4.78 is 0. The van der Waals surface area contributed by atoms with Crippen LogP contribution in [0.2, 0.25) is 0 Å². The van der Waals surface area contributed by atoms with Gasteiger partial charge in [-0.05, 0) is 44.3 Å². The first-order valence-electron chi connectivity index (χ1n) is 5.73. The van der Waals surface area contributed by atoms with Crippen molar-refractivity contribution in [3.8, 4) is 0 Å². The fourth-order valence-corrected chi connectivity index (χ4v) is 3.69. The highest BCUT2D eigenvalue weighted by atomic mass is 32.1. The molecule has 1 aromatic heterocycles. The molecule has 1 fully saturated rings. The van der Waals surface area contributed by atoms with Crippen molar-refractivity contribution in [1.82, 2.24) is 4.90 Å². The van der Waals surface area contributed by atoms with Crippen LogP contribution in [-0.2, 0) is 0 Å². The molecule has 3 rings (SSSR count). The van der Waals surface area contributed by atoms with Crippen LogP contribution in [0.4, 0.5) is 5.69 Å². The SMILES string of the molecule is CC1=Nc2ccsc2C1N1CCCCC1. The van der Waals surface area contributed by atoms with E-state index in [9.17, 15) is 0 Å². The second-order valence-electron chi connectivity index (χ2n) is 4.42.